The Morgan fingerprint density at radius 3 is 2.38 bits per heavy atom. The SMILES string of the molecule is Cc1cc(N2N=C(c3ccc(Br)cc3)C[C@@H]2c2ccccc2)nc(-c2ccccc2O)n1. The van der Waals surface area contributed by atoms with Gasteiger partial charge in [0.25, 0.3) is 0 Å². The molecule has 0 bridgehead atoms. The molecular weight excluding hydrogens is 464 g/mol. The highest BCUT2D eigenvalue weighted by Gasteiger charge is 2.31. The molecule has 0 saturated carbocycles. The van der Waals surface area contributed by atoms with Gasteiger partial charge in [-0.1, -0.05) is 70.5 Å². The number of phenolic OH excluding ortho intramolecular Hbond substituents is 1. The summed E-state index contributed by atoms with van der Waals surface area (Å²) in [7, 11) is 0. The highest BCUT2D eigenvalue weighted by Crippen LogP contribution is 2.37. The number of hydrogen-bond acceptors (Lipinski definition) is 5. The van der Waals surface area contributed by atoms with Crippen LogP contribution in [0.15, 0.2) is 94.5 Å². The van der Waals surface area contributed by atoms with Gasteiger partial charge in [0.2, 0.25) is 0 Å². The van der Waals surface area contributed by atoms with Crippen molar-refractivity contribution in [3.63, 3.8) is 0 Å². The number of phenols is 1. The van der Waals surface area contributed by atoms with Gasteiger partial charge in [0.15, 0.2) is 11.6 Å². The number of para-hydroxylation sites is 1. The van der Waals surface area contributed by atoms with Crippen LogP contribution in [0.5, 0.6) is 5.75 Å². The molecule has 1 atom stereocenters. The molecule has 0 amide bonds. The normalized spacial score (nSPS) is 15.6. The van der Waals surface area contributed by atoms with E-state index in [4.69, 9.17) is 10.1 Å². The van der Waals surface area contributed by atoms with Gasteiger partial charge in [-0.25, -0.2) is 15.0 Å². The topological polar surface area (TPSA) is 61.6 Å². The van der Waals surface area contributed by atoms with E-state index < -0.39 is 0 Å². The predicted octanol–water partition coefficient (Wildman–Crippen LogP) is 6.28. The van der Waals surface area contributed by atoms with Crippen molar-refractivity contribution in [2.45, 2.75) is 19.4 Å². The average Bonchev–Trinajstić information content (AvgIpc) is 3.26. The molecule has 1 aliphatic rings. The van der Waals surface area contributed by atoms with Gasteiger partial charge >= 0.3 is 0 Å². The van der Waals surface area contributed by atoms with E-state index in [-0.39, 0.29) is 11.8 Å². The molecule has 0 radical (unpaired) electrons. The number of nitrogens with zero attached hydrogens (tertiary/aromatic N) is 4. The van der Waals surface area contributed by atoms with Crippen LogP contribution in [0.4, 0.5) is 5.82 Å². The standard InChI is InChI=1S/C26H21BrN4O/c1-17-15-25(29-26(28-17)21-9-5-6-10-24(21)32)31-23(19-7-3-2-4-8-19)16-22(30-31)18-11-13-20(27)14-12-18/h2-15,23,32H,16H2,1H3/t23-/m1/s1. The first-order chi connectivity index (χ1) is 15.6. The van der Waals surface area contributed by atoms with Crippen molar-refractivity contribution in [3.05, 3.63) is 106 Å². The number of halogens is 1. The second-order valence-electron chi connectivity index (χ2n) is 7.74. The summed E-state index contributed by atoms with van der Waals surface area (Å²) in [5.41, 5.74) is 4.68. The fraction of sp³-hybridized carbons (Fsp3) is 0.115. The van der Waals surface area contributed by atoms with E-state index >= 15 is 0 Å². The summed E-state index contributed by atoms with van der Waals surface area (Å²) >= 11 is 3.51. The third-order valence-electron chi connectivity index (χ3n) is 5.49. The minimum atomic E-state index is 0.0152. The van der Waals surface area contributed by atoms with E-state index in [1.54, 1.807) is 12.1 Å². The molecule has 0 spiro atoms. The third-order valence-corrected chi connectivity index (χ3v) is 6.02. The van der Waals surface area contributed by atoms with Crippen molar-refractivity contribution in [2.75, 3.05) is 5.01 Å². The van der Waals surface area contributed by atoms with Gasteiger partial charge in [-0.2, -0.15) is 5.10 Å². The van der Waals surface area contributed by atoms with Crippen molar-refractivity contribution >= 4 is 27.5 Å². The number of hydrazone groups is 1. The molecule has 158 valence electrons. The van der Waals surface area contributed by atoms with E-state index in [0.29, 0.717) is 17.2 Å². The van der Waals surface area contributed by atoms with Crippen molar-refractivity contribution in [1.82, 2.24) is 9.97 Å². The Morgan fingerprint density at radius 1 is 0.906 bits per heavy atom. The second-order valence-corrected chi connectivity index (χ2v) is 8.65. The number of hydrogen-bond donors (Lipinski definition) is 1. The number of aromatic hydroxyl groups is 1. The Balaban J connectivity index is 1.61. The van der Waals surface area contributed by atoms with Crippen LogP contribution < -0.4 is 5.01 Å². The molecule has 5 rings (SSSR count). The van der Waals surface area contributed by atoms with Gasteiger partial charge < -0.3 is 5.11 Å². The number of aromatic nitrogens is 2. The molecule has 1 N–H and O–H groups in total. The van der Waals surface area contributed by atoms with Gasteiger partial charge in [-0.05, 0) is 42.3 Å². The van der Waals surface area contributed by atoms with Crippen molar-refractivity contribution < 1.29 is 5.11 Å². The number of anilines is 1. The summed E-state index contributed by atoms with van der Waals surface area (Å²) in [6, 6.07) is 27.6. The number of rotatable bonds is 4. The Hall–Kier alpha value is -3.51. The smallest absolute Gasteiger partial charge is 0.165 e. The quantitative estimate of drug-likeness (QED) is 0.370. The second kappa shape index (κ2) is 8.55. The molecule has 1 aliphatic heterocycles. The number of aryl methyl sites for hydroxylation is 1. The van der Waals surface area contributed by atoms with Crippen LogP contribution in [-0.2, 0) is 0 Å². The monoisotopic (exact) mass is 484 g/mol. The van der Waals surface area contributed by atoms with Crippen molar-refractivity contribution in [2.24, 2.45) is 5.10 Å². The summed E-state index contributed by atoms with van der Waals surface area (Å²) in [6.45, 7) is 1.93. The first-order valence-electron chi connectivity index (χ1n) is 10.4. The van der Waals surface area contributed by atoms with Crippen molar-refractivity contribution in [3.8, 4) is 17.1 Å². The van der Waals surface area contributed by atoms with Gasteiger partial charge in [0.05, 0.1) is 17.3 Å². The zero-order valence-corrected chi connectivity index (χ0v) is 19.1. The van der Waals surface area contributed by atoms with Crippen LogP contribution >= 0.6 is 15.9 Å². The van der Waals surface area contributed by atoms with Crippen LogP contribution in [0.3, 0.4) is 0 Å². The molecule has 1 aromatic heterocycles. The fourth-order valence-electron chi connectivity index (χ4n) is 3.93. The molecule has 6 heteroatoms. The summed E-state index contributed by atoms with van der Waals surface area (Å²) in [5.74, 6) is 1.35. The van der Waals surface area contributed by atoms with Crippen LogP contribution in [0, 0.1) is 6.92 Å². The lowest BCUT2D eigenvalue weighted by Gasteiger charge is -2.23. The maximum absolute atomic E-state index is 10.3. The van der Waals surface area contributed by atoms with E-state index in [1.165, 1.54) is 5.56 Å². The summed E-state index contributed by atoms with van der Waals surface area (Å²) in [6.07, 6.45) is 0.765. The minimum absolute atomic E-state index is 0.0152. The third kappa shape index (κ3) is 4.01. The molecular formula is C26H21BrN4O. The molecule has 0 fully saturated rings. The maximum atomic E-state index is 10.3. The summed E-state index contributed by atoms with van der Waals surface area (Å²) in [5, 5.41) is 17.3. The van der Waals surface area contributed by atoms with E-state index in [2.05, 4.69) is 45.2 Å². The highest BCUT2D eigenvalue weighted by atomic mass is 79.9. The highest BCUT2D eigenvalue weighted by molar-refractivity contribution is 9.10. The van der Waals surface area contributed by atoms with Gasteiger partial charge in [0.1, 0.15) is 5.75 Å². The fourth-order valence-corrected chi connectivity index (χ4v) is 4.19. The summed E-state index contributed by atoms with van der Waals surface area (Å²) in [4.78, 5) is 9.37. The Bertz CT molecular complexity index is 1290. The lowest BCUT2D eigenvalue weighted by molar-refractivity contribution is 0.477. The number of benzene rings is 3. The minimum Gasteiger partial charge on any atom is -0.507 e. The largest absolute Gasteiger partial charge is 0.507 e. The molecule has 3 aromatic carbocycles. The Labute approximate surface area is 195 Å². The van der Waals surface area contributed by atoms with E-state index in [9.17, 15) is 5.11 Å². The van der Waals surface area contributed by atoms with Crippen LogP contribution in [0.2, 0.25) is 0 Å². The summed E-state index contributed by atoms with van der Waals surface area (Å²) < 4.78 is 1.04. The first kappa shape index (κ1) is 20.4. The molecule has 5 nitrogen and oxygen atoms in total. The van der Waals surface area contributed by atoms with Crippen molar-refractivity contribution in [1.29, 1.82) is 0 Å². The van der Waals surface area contributed by atoms with Gasteiger partial charge in [-0.15, -0.1) is 0 Å². The van der Waals surface area contributed by atoms with Gasteiger partial charge in [-0.3, -0.25) is 0 Å². The van der Waals surface area contributed by atoms with E-state index in [0.717, 1.165) is 27.9 Å². The molecule has 0 unspecified atom stereocenters. The molecule has 32 heavy (non-hydrogen) atoms. The Morgan fingerprint density at radius 2 is 1.62 bits per heavy atom. The average molecular weight is 485 g/mol. The molecule has 2 heterocycles. The Kier molecular flexibility index (Phi) is 5.45. The first-order valence-corrected chi connectivity index (χ1v) is 11.2. The lowest BCUT2D eigenvalue weighted by Crippen LogP contribution is -2.20. The molecule has 0 aliphatic carbocycles. The van der Waals surface area contributed by atoms with Crippen LogP contribution in [0.1, 0.15) is 29.3 Å². The van der Waals surface area contributed by atoms with Gasteiger partial charge in [0, 0.05) is 22.7 Å². The molecule has 4 aromatic rings. The zero-order valence-electron chi connectivity index (χ0n) is 17.5. The van der Waals surface area contributed by atoms with Crippen LogP contribution in [-0.4, -0.2) is 20.8 Å². The lowest BCUT2D eigenvalue weighted by atomic mass is 9.98. The molecule has 0 saturated heterocycles. The van der Waals surface area contributed by atoms with E-state index in [1.807, 2.05) is 60.5 Å². The maximum Gasteiger partial charge on any atom is 0.165 e. The zero-order chi connectivity index (χ0) is 22.1. The predicted molar refractivity (Wildman–Crippen MR) is 131 cm³/mol. The van der Waals surface area contributed by atoms with Crippen LogP contribution in [0.25, 0.3) is 11.4 Å².